The van der Waals surface area contributed by atoms with Gasteiger partial charge in [0.2, 0.25) is 0 Å². The van der Waals surface area contributed by atoms with Gasteiger partial charge < -0.3 is 11.1 Å². The van der Waals surface area contributed by atoms with Crippen LogP contribution < -0.4 is 11.1 Å². The third-order valence-electron chi connectivity index (χ3n) is 3.04. The second-order valence-corrected chi connectivity index (χ2v) is 5.04. The van der Waals surface area contributed by atoms with Crippen LogP contribution in [0.4, 0.5) is 15.8 Å². The molecule has 100 valence electrons. The Labute approximate surface area is 117 Å². The molecular formula is C15H16ClFN2. The van der Waals surface area contributed by atoms with Gasteiger partial charge in [0.15, 0.2) is 0 Å². The fourth-order valence-electron chi connectivity index (χ4n) is 1.86. The Balaban J connectivity index is 2.21. The van der Waals surface area contributed by atoms with Crippen molar-refractivity contribution >= 4 is 23.0 Å². The minimum Gasteiger partial charge on any atom is -0.397 e. The van der Waals surface area contributed by atoms with Gasteiger partial charge in [0.25, 0.3) is 0 Å². The first-order chi connectivity index (χ1) is 8.97. The van der Waals surface area contributed by atoms with Gasteiger partial charge in [0.05, 0.1) is 16.4 Å². The number of nitrogens with one attached hydrogen (secondary N) is 1. The minimum absolute atomic E-state index is 0.0597. The van der Waals surface area contributed by atoms with Gasteiger partial charge in [-0.1, -0.05) is 41.4 Å². The molecule has 2 aromatic rings. The van der Waals surface area contributed by atoms with Crippen molar-refractivity contribution in [1.82, 2.24) is 0 Å². The highest BCUT2D eigenvalue weighted by Crippen LogP contribution is 2.29. The molecule has 4 heteroatoms. The van der Waals surface area contributed by atoms with Gasteiger partial charge >= 0.3 is 0 Å². The Morgan fingerprint density at radius 2 is 1.84 bits per heavy atom. The van der Waals surface area contributed by atoms with Crippen LogP contribution in [0.3, 0.4) is 0 Å². The van der Waals surface area contributed by atoms with Gasteiger partial charge in [-0.25, -0.2) is 4.39 Å². The van der Waals surface area contributed by atoms with Crippen molar-refractivity contribution < 1.29 is 4.39 Å². The number of nitrogens with two attached hydrogens (primary N) is 1. The standard InChI is InChI=1S/C15H16ClFN2/c1-9-3-5-11(6-4-9)10(2)19-15-7-12(16)13(17)8-14(15)18/h3-8,10,19H,18H2,1-2H3. The lowest BCUT2D eigenvalue weighted by atomic mass is 10.1. The van der Waals surface area contributed by atoms with Crippen molar-refractivity contribution in [3.8, 4) is 0 Å². The van der Waals surface area contributed by atoms with E-state index in [-0.39, 0.29) is 11.1 Å². The van der Waals surface area contributed by atoms with Crippen LogP contribution in [0.25, 0.3) is 0 Å². The lowest BCUT2D eigenvalue weighted by Gasteiger charge is -2.18. The summed E-state index contributed by atoms with van der Waals surface area (Å²) in [6.07, 6.45) is 0. The lowest BCUT2D eigenvalue weighted by Crippen LogP contribution is -2.08. The molecule has 2 nitrogen and oxygen atoms in total. The summed E-state index contributed by atoms with van der Waals surface area (Å²) in [6.45, 7) is 4.06. The van der Waals surface area contributed by atoms with Crippen molar-refractivity contribution in [3.63, 3.8) is 0 Å². The molecule has 19 heavy (non-hydrogen) atoms. The second kappa shape index (κ2) is 5.49. The number of hydrogen-bond acceptors (Lipinski definition) is 2. The number of benzene rings is 2. The number of hydrogen-bond donors (Lipinski definition) is 2. The molecule has 2 aromatic carbocycles. The first-order valence-corrected chi connectivity index (χ1v) is 6.43. The van der Waals surface area contributed by atoms with Crippen LogP contribution in [0.1, 0.15) is 24.1 Å². The van der Waals surface area contributed by atoms with Crippen LogP contribution in [0.5, 0.6) is 0 Å². The molecule has 0 heterocycles. The van der Waals surface area contributed by atoms with E-state index in [0.29, 0.717) is 11.4 Å². The van der Waals surface area contributed by atoms with Crippen LogP contribution in [0, 0.1) is 12.7 Å². The summed E-state index contributed by atoms with van der Waals surface area (Å²) >= 11 is 5.77. The second-order valence-electron chi connectivity index (χ2n) is 4.63. The van der Waals surface area contributed by atoms with E-state index in [9.17, 15) is 4.39 Å². The van der Waals surface area contributed by atoms with E-state index in [4.69, 9.17) is 17.3 Å². The van der Waals surface area contributed by atoms with Crippen LogP contribution in [-0.4, -0.2) is 0 Å². The molecule has 0 bridgehead atoms. The number of aryl methyl sites for hydroxylation is 1. The largest absolute Gasteiger partial charge is 0.397 e. The molecular weight excluding hydrogens is 263 g/mol. The van der Waals surface area contributed by atoms with Gasteiger partial charge in [-0.15, -0.1) is 0 Å². The number of nitrogen functional groups attached to an aromatic ring is 1. The fourth-order valence-corrected chi connectivity index (χ4v) is 2.02. The smallest absolute Gasteiger partial charge is 0.143 e. The first kappa shape index (κ1) is 13.7. The zero-order chi connectivity index (χ0) is 14.0. The van der Waals surface area contributed by atoms with Gasteiger partial charge in [0, 0.05) is 12.1 Å². The summed E-state index contributed by atoms with van der Waals surface area (Å²) in [4.78, 5) is 0. The van der Waals surface area contributed by atoms with Crippen LogP contribution in [-0.2, 0) is 0 Å². The van der Waals surface area contributed by atoms with Gasteiger partial charge in [0.1, 0.15) is 5.82 Å². The summed E-state index contributed by atoms with van der Waals surface area (Å²) < 4.78 is 13.2. The number of anilines is 2. The normalized spacial score (nSPS) is 12.2. The molecule has 2 rings (SSSR count). The van der Waals surface area contributed by atoms with Gasteiger partial charge in [-0.05, 0) is 25.5 Å². The van der Waals surface area contributed by atoms with Gasteiger partial charge in [-0.2, -0.15) is 0 Å². The van der Waals surface area contributed by atoms with Crippen LogP contribution >= 0.6 is 11.6 Å². The molecule has 0 saturated heterocycles. The molecule has 0 spiro atoms. The average molecular weight is 279 g/mol. The minimum atomic E-state index is -0.507. The topological polar surface area (TPSA) is 38.0 Å². The predicted molar refractivity (Wildman–Crippen MR) is 79.0 cm³/mol. The first-order valence-electron chi connectivity index (χ1n) is 6.05. The highest BCUT2D eigenvalue weighted by Gasteiger charge is 2.10. The third kappa shape index (κ3) is 3.18. The van der Waals surface area contributed by atoms with E-state index < -0.39 is 5.82 Å². The Morgan fingerprint density at radius 1 is 1.21 bits per heavy atom. The molecule has 0 radical (unpaired) electrons. The Bertz CT molecular complexity index is 581. The molecule has 0 aliphatic heterocycles. The van der Waals surface area contributed by atoms with Crippen LogP contribution in [0.2, 0.25) is 5.02 Å². The summed E-state index contributed by atoms with van der Waals surface area (Å²) in [5.41, 5.74) is 9.10. The highest BCUT2D eigenvalue weighted by atomic mass is 35.5. The molecule has 3 N–H and O–H groups in total. The molecule has 1 atom stereocenters. The van der Waals surface area contributed by atoms with E-state index in [2.05, 4.69) is 17.4 Å². The molecule has 0 amide bonds. The number of halogens is 2. The van der Waals surface area contributed by atoms with E-state index in [1.165, 1.54) is 17.7 Å². The average Bonchev–Trinajstić information content (AvgIpc) is 2.36. The Morgan fingerprint density at radius 3 is 2.47 bits per heavy atom. The summed E-state index contributed by atoms with van der Waals surface area (Å²) in [5.74, 6) is -0.507. The molecule has 0 fully saturated rings. The quantitative estimate of drug-likeness (QED) is 0.809. The van der Waals surface area contributed by atoms with Crippen molar-refractivity contribution in [1.29, 1.82) is 0 Å². The van der Waals surface area contributed by atoms with E-state index in [1.807, 2.05) is 26.0 Å². The molecule has 0 saturated carbocycles. The monoisotopic (exact) mass is 278 g/mol. The summed E-state index contributed by atoms with van der Waals surface area (Å²) in [6, 6.07) is 11.0. The fraction of sp³-hybridized carbons (Fsp3) is 0.200. The zero-order valence-electron chi connectivity index (χ0n) is 10.9. The van der Waals surface area contributed by atoms with E-state index in [0.717, 1.165) is 5.56 Å². The van der Waals surface area contributed by atoms with E-state index in [1.54, 1.807) is 0 Å². The SMILES string of the molecule is Cc1ccc(C(C)Nc2cc(Cl)c(F)cc2N)cc1. The van der Waals surface area contributed by atoms with Gasteiger partial charge in [-0.3, -0.25) is 0 Å². The maximum absolute atomic E-state index is 13.2. The maximum Gasteiger partial charge on any atom is 0.143 e. The molecule has 0 aliphatic carbocycles. The van der Waals surface area contributed by atoms with Crippen molar-refractivity contribution in [2.75, 3.05) is 11.1 Å². The Hall–Kier alpha value is -1.74. The molecule has 0 aliphatic rings. The third-order valence-corrected chi connectivity index (χ3v) is 3.33. The zero-order valence-corrected chi connectivity index (χ0v) is 11.6. The molecule has 0 aromatic heterocycles. The maximum atomic E-state index is 13.2. The van der Waals surface area contributed by atoms with E-state index >= 15 is 0 Å². The summed E-state index contributed by atoms with van der Waals surface area (Å²) in [7, 11) is 0. The Kier molecular flexibility index (Phi) is 3.96. The lowest BCUT2D eigenvalue weighted by molar-refractivity contribution is 0.629. The predicted octanol–water partition coefficient (Wildman–Crippen LogP) is 4.54. The highest BCUT2D eigenvalue weighted by molar-refractivity contribution is 6.31. The van der Waals surface area contributed by atoms with Crippen molar-refractivity contribution in [3.05, 3.63) is 58.4 Å². The van der Waals surface area contributed by atoms with Crippen LogP contribution in [0.15, 0.2) is 36.4 Å². The molecule has 1 unspecified atom stereocenters. The van der Waals surface area contributed by atoms with Crippen molar-refractivity contribution in [2.24, 2.45) is 0 Å². The van der Waals surface area contributed by atoms with Crippen molar-refractivity contribution in [2.45, 2.75) is 19.9 Å². The number of rotatable bonds is 3. The summed E-state index contributed by atoms with van der Waals surface area (Å²) in [5, 5.41) is 3.30.